The number of hydrogen-bond donors (Lipinski definition) is 1. The molecule has 4 heteroatoms. The van der Waals surface area contributed by atoms with Crippen LogP contribution in [-0.4, -0.2) is 22.6 Å². The minimum absolute atomic E-state index is 0.259. The molecule has 0 aliphatic carbocycles. The third-order valence-corrected chi connectivity index (χ3v) is 4.11. The van der Waals surface area contributed by atoms with Crippen LogP contribution in [0.5, 0.6) is 0 Å². The number of halogens is 1. The van der Waals surface area contributed by atoms with Gasteiger partial charge in [-0.2, -0.15) is 11.8 Å². The summed E-state index contributed by atoms with van der Waals surface area (Å²) in [6.07, 6.45) is 1.14. The summed E-state index contributed by atoms with van der Waals surface area (Å²) in [4.78, 5) is 10.7. The van der Waals surface area contributed by atoms with Crippen molar-refractivity contribution in [1.29, 1.82) is 0 Å². The Balaban J connectivity index is 2.29. The molecule has 1 atom stereocenters. The molecule has 0 amide bonds. The van der Waals surface area contributed by atoms with Gasteiger partial charge < -0.3 is 5.11 Å². The lowest BCUT2D eigenvalue weighted by Gasteiger charge is -2.11. The van der Waals surface area contributed by atoms with Crippen LogP contribution >= 0.6 is 23.4 Å². The highest BCUT2D eigenvalue weighted by Crippen LogP contribution is 2.36. The number of benzene rings is 1. The van der Waals surface area contributed by atoms with E-state index in [-0.39, 0.29) is 5.56 Å². The average Bonchev–Trinajstić information content (AvgIpc) is 2.70. The van der Waals surface area contributed by atoms with Crippen LogP contribution < -0.4 is 0 Å². The van der Waals surface area contributed by atoms with E-state index in [1.807, 2.05) is 17.8 Å². The smallest absolute Gasteiger partial charge is 0.335 e. The van der Waals surface area contributed by atoms with E-state index in [9.17, 15) is 4.79 Å². The third-order valence-electron chi connectivity index (χ3n) is 2.62. The molecule has 1 fully saturated rings. The second-order valence-corrected chi connectivity index (χ2v) is 5.16. The number of carboxylic acids is 1. The third kappa shape index (κ3) is 2.29. The molecule has 1 heterocycles. The van der Waals surface area contributed by atoms with E-state index >= 15 is 0 Å². The first-order valence-electron chi connectivity index (χ1n) is 4.79. The van der Waals surface area contributed by atoms with E-state index in [0.29, 0.717) is 10.9 Å². The first-order chi connectivity index (χ1) is 7.18. The van der Waals surface area contributed by atoms with Crippen molar-refractivity contribution in [2.24, 2.45) is 0 Å². The summed E-state index contributed by atoms with van der Waals surface area (Å²) in [5.74, 6) is 1.82. The van der Waals surface area contributed by atoms with Gasteiger partial charge in [-0.15, -0.1) is 0 Å². The fourth-order valence-corrected chi connectivity index (χ4v) is 3.35. The topological polar surface area (TPSA) is 37.3 Å². The predicted octanol–water partition coefficient (Wildman–Crippen LogP) is 3.26. The number of carbonyl (C=O) groups is 1. The van der Waals surface area contributed by atoms with Crippen LogP contribution in [0.1, 0.15) is 28.3 Å². The van der Waals surface area contributed by atoms with Crippen molar-refractivity contribution in [2.75, 3.05) is 11.5 Å². The van der Waals surface area contributed by atoms with Gasteiger partial charge in [0.2, 0.25) is 0 Å². The number of hydrogen-bond acceptors (Lipinski definition) is 2. The molecule has 1 aromatic rings. The molecule has 2 rings (SSSR count). The Morgan fingerprint density at radius 2 is 2.33 bits per heavy atom. The van der Waals surface area contributed by atoms with E-state index in [2.05, 4.69) is 0 Å². The lowest BCUT2D eigenvalue weighted by molar-refractivity contribution is 0.0697. The van der Waals surface area contributed by atoms with Gasteiger partial charge in [-0.3, -0.25) is 0 Å². The van der Waals surface area contributed by atoms with Crippen LogP contribution in [0.4, 0.5) is 0 Å². The van der Waals surface area contributed by atoms with Crippen LogP contribution in [0.25, 0.3) is 0 Å². The van der Waals surface area contributed by atoms with Crippen molar-refractivity contribution in [3.8, 4) is 0 Å². The van der Waals surface area contributed by atoms with Crippen molar-refractivity contribution in [1.82, 2.24) is 0 Å². The van der Waals surface area contributed by atoms with Gasteiger partial charge in [-0.05, 0) is 35.8 Å². The molecule has 80 valence electrons. The summed E-state index contributed by atoms with van der Waals surface area (Å²) >= 11 is 8.00. The summed E-state index contributed by atoms with van der Waals surface area (Å²) in [6.45, 7) is 0. The molecule has 1 unspecified atom stereocenters. The maximum atomic E-state index is 10.7. The Bertz CT molecular complexity index is 386. The van der Waals surface area contributed by atoms with Gasteiger partial charge in [0, 0.05) is 10.8 Å². The quantitative estimate of drug-likeness (QED) is 0.865. The highest BCUT2D eigenvalue weighted by molar-refractivity contribution is 7.99. The van der Waals surface area contributed by atoms with Gasteiger partial charge in [0.15, 0.2) is 0 Å². The molecule has 1 saturated heterocycles. The zero-order valence-corrected chi connectivity index (χ0v) is 9.64. The van der Waals surface area contributed by atoms with Crippen molar-refractivity contribution in [3.05, 3.63) is 34.3 Å². The van der Waals surface area contributed by atoms with Crippen LogP contribution in [-0.2, 0) is 0 Å². The molecule has 1 aromatic carbocycles. The zero-order valence-electron chi connectivity index (χ0n) is 8.07. The Hall–Kier alpha value is -0.670. The number of rotatable bonds is 2. The average molecular weight is 243 g/mol. The monoisotopic (exact) mass is 242 g/mol. The van der Waals surface area contributed by atoms with Gasteiger partial charge in [-0.25, -0.2) is 4.79 Å². The number of carboxylic acid groups (broad SMARTS) is 1. The lowest BCUT2D eigenvalue weighted by atomic mass is 9.97. The zero-order chi connectivity index (χ0) is 10.8. The molecule has 0 saturated carbocycles. The molecular weight excluding hydrogens is 232 g/mol. The van der Waals surface area contributed by atoms with Crippen LogP contribution in [0.2, 0.25) is 5.02 Å². The van der Waals surface area contributed by atoms with E-state index in [4.69, 9.17) is 16.7 Å². The van der Waals surface area contributed by atoms with Gasteiger partial charge in [0.25, 0.3) is 0 Å². The second-order valence-electron chi connectivity index (χ2n) is 3.60. The summed E-state index contributed by atoms with van der Waals surface area (Å²) in [5.41, 5.74) is 1.35. The fraction of sp³-hybridized carbons (Fsp3) is 0.364. The molecular formula is C11H11ClO2S. The fourth-order valence-electron chi connectivity index (χ4n) is 1.77. The first kappa shape index (κ1) is 10.8. The highest BCUT2D eigenvalue weighted by Gasteiger charge is 2.20. The van der Waals surface area contributed by atoms with Gasteiger partial charge >= 0.3 is 5.97 Å². The van der Waals surface area contributed by atoms with Gasteiger partial charge in [0.1, 0.15) is 0 Å². The number of aromatic carboxylic acids is 1. The predicted molar refractivity (Wildman–Crippen MR) is 63.1 cm³/mol. The molecule has 0 bridgehead atoms. The molecule has 0 radical (unpaired) electrons. The van der Waals surface area contributed by atoms with E-state index in [0.717, 1.165) is 17.7 Å². The Labute approximate surface area is 97.6 Å². The van der Waals surface area contributed by atoms with Gasteiger partial charge in [0.05, 0.1) is 5.56 Å². The second kappa shape index (κ2) is 4.45. The Morgan fingerprint density at radius 3 is 2.87 bits per heavy atom. The van der Waals surface area contributed by atoms with Crippen LogP contribution in [0.3, 0.4) is 0 Å². The van der Waals surface area contributed by atoms with Crippen molar-refractivity contribution in [2.45, 2.75) is 12.3 Å². The number of thioether (sulfide) groups is 1. The SMILES string of the molecule is O=C(O)c1ccc(C2CCSC2)c(Cl)c1. The molecule has 0 spiro atoms. The first-order valence-corrected chi connectivity index (χ1v) is 6.32. The van der Waals surface area contributed by atoms with E-state index in [1.54, 1.807) is 12.1 Å². The Kier molecular flexibility index (Phi) is 3.22. The maximum absolute atomic E-state index is 10.7. The molecule has 1 N–H and O–H groups in total. The van der Waals surface area contributed by atoms with Crippen LogP contribution in [0, 0.1) is 0 Å². The van der Waals surface area contributed by atoms with Crippen molar-refractivity contribution >= 4 is 29.3 Å². The van der Waals surface area contributed by atoms with Gasteiger partial charge in [-0.1, -0.05) is 17.7 Å². The maximum Gasteiger partial charge on any atom is 0.335 e. The summed E-state index contributed by atoms with van der Waals surface area (Å²) in [5, 5.41) is 9.39. The summed E-state index contributed by atoms with van der Waals surface area (Å²) in [7, 11) is 0. The van der Waals surface area contributed by atoms with Crippen molar-refractivity contribution in [3.63, 3.8) is 0 Å². The lowest BCUT2D eigenvalue weighted by Crippen LogP contribution is -2.01. The molecule has 15 heavy (non-hydrogen) atoms. The molecule has 0 aromatic heterocycles. The minimum atomic E-state index is -0.927. The highest BCUT2D eigenvalue weighted by atomic mass is 35.5. The largest absolute Gasteiger partial charge is 0.478 e. The molecule has 1 aliphatic rings. The Morgan fingerprint density at radius 1 is 1.53 bits per heavy atom. The summed E-state index contributed by atoms with van der Waals surface area (Å²) < 4.78 is 0. The van der Waals surface area contributed by atoms with E-state index in [1.165, 1.54) is 5.75 Å². The van der Waals surface area contributed by atoms with E-state index < -0.39 is 5.97 Å². The van der Waals surface area contributed by atoms with Crippen molar-refractivity contribution < 1.29 is 9.90 Å². The molecule has 1 aliphatic heterocycles. The molecule has 2 nitrogen and oxygen atoms in total. The van der Waals surface area contributed by atoms with Crippen LogP contribution in [0.15, 0.2) is 18.2 Å². The minimum Gasteiger partial charge on any atom is -0.478 e. The summed E-state index contributed by atoms with van der Waals surface area (Å²) in [6, 6.07) is 5.02. The standard InChI is InChI=1S/C11H11ClO2S/c12-10-5-7(11(13)14)1-2-9(10)8-3-4-15-6-8/h1-2,5,8H,3-4,6H2,(H,13,14). The normalized spacial score (nSPS) is 20.5.